The average Bonchev–Trinajstić information content (AvgIpc) is 2.32. The Morgan fingerprint density at radius 2 is 1.88 bits per heavy atom. The van der Waals surface area contributed by atoms with E-state index in [0.29, 0.717) is 11.3 Å². The minimum absolute atomic E-state index is 0.0577. The van der Waals surface area contributed by atoms with Crippen LogP contribution in [0.4, 0.5) is 0 Å². The van der Waals surface area contributed by atoms with Gasteiger partial charge in [0.25, 0.3) is 0 Å². The Kier molecular flexibility index (Phi) is 3.49. The van der Waals surface area contributed by atoms with E-state index in [-0.39, 0.29) is 11.8 Å². The van der Waals surface area contributed by atoms with Gasteiger partial charge in [-0.1, -0.05) is 12.1 Å². The van der Waals surface area contributed by atoms with E-state index in [1.54, 1.807) is 36.7 Å². The molecule has 17 heavy (non-hydrogen) atoms. The van der Waals surface area contributed by atoms with Crippen LogP contribution in [0.3, 0.4) is 0 Å². The molecule has 2 rings (SSSR count). The molecular formula is C12H9BrN2O2. The zero-order valence-corrected chi connectivity index (χ0v) is 10.6. The maximum atomic E-state index is 11.4. The zero-order chi connectivity index (χ0) is 12.3. The molecule has 0 radical (unpaired) electrons. The van der Waals surface area contributed by atoms with Crippen molar-refractivity contribution in [3.8, 4) is 11.8 Å². The molecule has 5 heteroatoms. The summed E-state index contributed by atoms with van der Waals surface area (Å²) in [6.45, 7) is 1.49. The number of ketones is 1. The number of aromatic nitrogens is 2. The molecule has 0 unspecified atom stereocenters. The highest BCUT2D eigenvalue weighted by Crippen LogP contribution is 2.23. The summed E-state index contributed by atoms with van der Waals surface area (Å²) >= 11 is 3.23. The molecular weight excluding hydrogens is 284 g/mol. The van der Waals surface area contributed by atoms with Gasteiger partial charge < -0.3 is 4.74 Å². The van der Waals surface area contributed by atoms with Crippen LogP contribution in [0.15, 0.2) is 41.1 Å². The SMILES string of the molecule is CC(=O)c1ccccc1Oc1ncc(Br)cn1. The molecule has 1 heterocycles. The molecule has 86 valence electrons. The van der Waals surface area contributed by atoms with E-state index in [9.17, 15) is 4.79 Å². The van der Waals surface area contributed by atoms with Crippen molar-refractivity contribution < 1.29 is 9.53 Å². The summed E-state index contributed by atoms with van der Waals surface area (Å²) in [5.74, 6) is 0.403. The Morgan fingerprint density at radius 1 is 1.24 bits per heavy atom. The molecule has 1 aromatic carbocycles. The van der Waals surface area contributed by atoms with Crippen LogP contribution < -0.4 is 4.74 Å². The highest BCUT2D eigenvalue weighted by Gasteiger charge is 2.09. The van der Waals surface area contributed by atoms with Crippen LogP contribution in [0, 0.1) is 0 Å². The van der Waals surface area contributed by atoms with E-state index < -0.39 is 0 Å². The molecule has 0 N–H and O–H groups in total. The number of carbonyl (C=O) groups excluding carboxylic acids is 1. The molecule has 0 aliphatic rings. The lowest BCUT2D eigenvalue weighted by Crippen LogP contribution is -1.98. The standard InChI is InChI=1S/C12H9BrN2O2/c1-8(16)10-4-2-3-5-11(10)17-12-14-6-9(13)7-15-12/h2-7H,1H3. The van der Waals surface area contributed by atoms with Crippen LogP contribution in [-0.2, 0) is 0 Å². The third-order valence-corrected chi connectivity index (χ3v) is 2.47. The first kappa shape index (κ1) is 11.7. The summed E-state index contributed by atoms with van der Waals surface area (Å²) in [5, 5.41) is 0. The molecule has 2 aromatic rings. The van der Waals surface area contributed by atoms with Gasteiger partial charge in [0.15, 0.2) is 5.78 Å². The second-order valence-electron chi connectivity index (χ2n) is 3.34. The first-order valence-corrected chi connectivity index (χ1v) is 5.71. The van der Waals surface area contributed by atoms with Crippen molar-refractivity contribution in [1.82, 2.24) is 9.97 Å². The molecule has 0 saturated carbocycles. The molecule has 0 fully saturated rings. The largest absolute Gasteiger partial charge is 0.424 e. The number of ether oxygens (including phenoxy) is 1. The van der Waals surface area contributed by atoms with Crippen molar-refractivity contribution in [2.45, 2.75) is 6.92 Å². The van der Waals surface area contributed by atoms with Crippen LogP contribution in [0.25, 0.3) is 0 Å². The lowest BCUT2D eigenvalue weighted by atomic mass is 10.1. The number of halogens is 1. The highest BCUT2D eigenvalue weighted by molar-refractivity contribution is 9.10. The predicted octanol–water partition coefficient (Wildman–Crippen LogP) is 3.23. The summed E-state index contributed by atoms with van der Waals surface area (Å²) in [4.78, 5) is 19.3. The fourth-order valence-corrected chi connectivity index (χ4v) is 1.50. The molecule has 4 nitrogen and oxygen atoms in total. The van der Waals surface area contributed by atoms with Gasteiger partial charge in [0.2, 0.25) is 0 Å². The Labute approximate surface area is 107 Å². The van der Waals surface area contributed by atoms with Gasteiger partial charge in [-0.05, 0) is 35.0 Å². The fourth-order valence-electron chi connectivity index (χ4n) is 1.30. The molecule has 0 aliphatic heterocycles. The Balaban J connectivity index is 2.30. The molecule has 0 amide bonds. The second-order valence-corrected chi connectivity index (χ2v) is 4.25. The van der Waals surface area contributed by atoms with E-state index >= 15 is 0 Å². The van der Waals surface area contributed by atoms with Crippen molar-refractivity contribution in [2.75, 3.05) is 0 Å². The van der Waals surface area contributed by atoms with Gasteiger partial charge in [-0.25, -0.2) is 9.97 Å². The van der Waals surface area contributed by atoms with Gasteiger partial charge in [-0.15, -0.1) is 0 Å². The number of Topliss-reactive ketones (excluding diaryl/α,β-unsaturated/α-hetero) is 1. The Bertz CT molecular complexity index is 540. The quantitative estimate of drug-likeness (QED) is 0.815. The molecule has 0 aliphatic carbocycles. The number of para-hydroxylation sites is 1. The minimum Gasteiger partial charge on any atom is -0.424 e. The molecule has 0 atom stereocenters. The van der Waals surface area contributed by atoms with E-state index in [2.05, 4.69) is 25.9 Å². The third-order valence-electron chi connectivity index (χ3n) is 2.06. The first-order valence-electron chi connectivity index (χ1n) is 4.92. The topological polar surface area (TPSA) is 52.1 Å². The van der Waals surface area contributed by atoms with Gasteiger partial charge in [-0.2, -0.15) is 0 Å². The molecule has 1 aromatic heterocycles. The highest BCUT2D eigenvalue weighted by atomic mass is 79.9. The summed E-state index contributed by atoms with van der Waals surface area (Å²) in [5.41, 5.74) is 0.513. The average molecular weight is 293 g/mol. The lowest BCUT2D eigenvalue weighted by molar-refractivity contribution is 0.101. The van der Waals surface area contributed by atoms with E-state index in [0.717, 1.165) is 4.47 Å². The third kappa shape index (κ3) is 2.88. The lowest BCUT2D eigenvalue weighted by Gasteiger charge is -2.06. The van der Waals surface area contributed by atoms with Crippen molar-refractivity contribution in [2.24, 2.45) is 0 Å². The number of rotatable bonds is 3. The minimum atomic E-state index is -0.0577. The van der Waals surface area contributed by atoms with Gasteiger partial charge >= 0.3 is 6.01 Å². The van der Waals surface area contributed by atoms with Crippen LogP contribution in [0.5, 0.6) is 11.8 Å². The number of benzene rings is 1. The van der Waals surface area contributed by atoms with Gasteiger partial charge in [-0.3, -0.25) is 4.79 Å². The number of carbonyl (C=O) groups is 1. The summed E-state index contributed by atoms with van der Waals surface area (Å²) in [6.07, 6.45) is 3.16. The van der Waals surface area contributed by atoms with E-state index in [4.69, 9.17) is 4.74 Å². The second kappa shape index (κ2) is 5.05. The molecule has 0 saturated heterocycles. The smallest absolute Gasteiger partial charge is 0.321 e. The monoisotopic (exact) mass is 292 g/mol. The van der Waals surface area contributed by atoms with Gasteiger partial charge in [0.1, 0.15) is 5.75 Å². The number of hydrogen-bond acceptors (Lipinski definition) is 4. The fraction of sp³-hybridized carbons (Fsp3) is 0.0833. The van der Waals surface area contributed by atoms with Crippen molar-refractivity contribution in [1.29, 1.82) is 0 Å². The van der Waals surface area contributed by atoms with Gasteiger partial charge in [0, 0.05) is 12.4 Å². The maximum absolute atomic E-state index is 11.4. The van der Waals surface area contributed by atoms with Crippen LogP contribution in [-0.4, -0.2) is 15.8 Å². The number of nitrogens with zero attached hydrogens (tertiary/aromatic N) is 2. The molecule has 0 spiro atoms. The van der Waals surface area contributed by atoms with Crippen LogP contribution in [0.2, 0.25) is 0 Å². The van der Waals surface area contributed by atoms with Crippen molar-refractivity contribution >= 4 is 21.7 Å². The molecule has 0 bridgehead atoms. The van der Waals surface area contributed by atoms with Crippen LogP contribution >= 0.6 is 15.9 Å². The summed E-state index contributed by atoms with van der Waals surface area (Å²) in [7, 11) is 0. The maximum Gasteiger partial charge on any atom is 0.321 e. The Hall–Kier alpha value is -1.75. The zero-order valence-electron chi connectivity index (χ0n) is 9.05. The van der Waals surface area contributed by atoms with Gasteiger partial charge in [0.05, 0.1) is 10.0 Å². The van der Waals surface area contributed by atoms with E-state index in [1.165, 1.54) is 6.92 Å². The number of hydrogen-bond donors (Lipinski definition) is 0. The van der Waals surface area contributed by atoms with Crippen molar-refractivity contribution in [3.05, 3.63) is 46.7 Å². The summed E-state index contributed by atoms with van der Waals surface area (Å²) in [6, 6.07) is 7.20. The van der Waals surface area contributed by atoms with Crippen molar-refractivity contribution in [3.63, 3.8) is 0 Å². The summed E-state index contributed by atoms with van der Waals surface area (Å²) < 4.78 is 6.23. The van der Waals surface area contributed by atoms with E-state index in [1.807, 2.05) is 0 Å². The predicted molar refractivity (Wildman–Crippen MR) is 66.3 cm³/mol. The Morgan fingerprint density at radius 3 is 2.53 bits per heavy atom. The first-order chi connectivity index (χ1) is 8.16. The van der Waals surface area contributed by atoms with Crippen LogP contribution in [0.1, 0.15) is 17.3 Å². The normalized spacial score (nSPS) is 10.0.